The van der Waals surface area contributed by atoms with Crippen LogP contribution < -0.4 is 0 Å². The van der Waals surface area contributed by atoms with Crippen LogP contribution in [0, 0.1) is 10.1 Å². The van der Waals surface area contributed by atoms with Gasteiger partial charge in [-0.1, -0.05) is 11.6 Å². The molecule has 0 unspecified atom stereocenters. The Labute approximate surface area is 118 Å². The van der Waals surface area contributed by atoms with E-state index in [1.165, 1.54) is 17.0 Å². The number of amides is 1. The van der Waals surface area contributed by atoms with Crippen LogP contribution in [0.3, 0.4) is 0 Å². The van der Waals surface area contributed by atoms with Crippen LogP contribution in [-0.4, -0.2) is 39.4 Å². The fourth-order valence-corrected chi connectivity index (χ4v) is 2.40. The molecule has 0 spiro atoms. The summed E-state index contributed by atoms with van der Waals surface area (Å²) in [5, 5.41) is 19.8. The van der Waals surface area contributed by atoms with E-state index < -0.39 is 22.8 Å². The van der Waals surface area contributed by atoms with Gasteiger partial charge in [0, 0.05) is 18.2 Å². The SMILES string of the molecule is O=C(O)[C@H]1CCCN1C(=O)c1ccc(Cl)c([N+](=O)[O-])c1. The van der Waals surface area contributed by atoms with Crippen molar-refractivity contribution in [1.29, 1.82) is 0 Å². The van der Waals surface area contributed by atoms with Crippen LogP contribution >= 0.6 is 11.6 Å². The van der Waals surface area contributed by atoms with Crippen molar-refractivity contribution < 1.29 is 19.6 Å². The van der Waals surface area contributed by atoms with Crippen LogP contribution in [0.15, 0.2) is 18.2 Å². The maximum absolute atomic E-state index is 12.2. The number of halogens is 1. The number of nitrogens with zero attached hydrogens (tertiary/aromatic N) is 2. The van der Waals surface area contributed by atoms with Gasteiger partial charge in [0.2, 0.25) is 0 Å². The van der Waals surface area contributed by atoms with E-state index in [2.05, 4.69) is 0 Å². The lowest BCUT2D eigenvalue weighted by Gasteiger charge is -2.21. The smallest absolute Gasteiger partial charge is 0.326 e. The first kappa shape index (κ1) is 14.3. The largest absolute Gasteiger partial charge is 0.480 e. The second-order valence-corrected chi connectivity index (χ2v) is 4.83. The fraction of sp³-hybridized carbons (Fsp3) is 0.333. The van der Waals surface area contributed by atoms with Crippen LogP contribution in [0.1, 0.15) is 23.2 Å². The van der Waals surface area contributed by atoms with Gasteiger partial charge in [-0.25, -0.2) is 4.79 Å². The molecule has 2 rings (SSSR count). The fourth-order valence-electron chi connectivity index (χ4n) is 2.22. The van der Waals surface area contributed by atoms with Crippen molar-refractivity contribution in [3.63, 3.8) is 0 Å². The first-order valence-electron chi connectivity index (χ1n) is 5.89. The predicted octanol–water partition coefficient (Wildman–Crippen LogP) is 1.94. The Morgan fingerprint density at radius 2 is 2.15 bits per heavy atom. The number of rotatable bonds is 3. The van der Waals surface area contributed by atoms with Gasteiger partial charge in [-0.2, -0.15) is 0 Å². The predicted molar refractivity (Wildman–Crippen MR) is 69.8 cm³/mol. The standard InChI is InChI=1S/C12H11ClN2O5/c13-8-4-3-7(6-10(8)15(19)20)11(16)14-5-1-2-9(14)12(17)18/h3-4,6,9H,1-2,5H2,(H,17,18)/t9-/m1/s1. The molecular formula is C12H11ClN2O5. The quantitative estimate of drug-likeness (QED) is 0.679. The number of carboxylic acids is 1. The second-order valence-electron chi connectivity index (χ2n) is 4.42. The number of aliphatic carboxylic acids is 1. The summed E-state index contributed by atoms with van der Waals surface area (Å²) in [4.78, 5) is 34.6. The van der Waals surface area contributed by atoms with E-state index in [1.54, 1.807) is 0 Å². The molecule has 1 fully saturated rings. The van der Waals surface area contributed by atoms with Crippen LogP contribution in [0.25, 0.3) is 0 Å². The van der Waals surface area contributed by atoms with E-state index in [9.17, 15) is 19.7 Å². The number of nitro benzene ring substituents is 1. The number of hydrogen-bond acceptors (Lipinski definition) is 4. The minimum atomic E-state index is -1.07. The average Bonchev–Trinajstić information content (AvgIpc) is 2.87. The summed E-state index contributed by atoms with van der Waals surface area (Å²) in [5.41, 5.74) is -0.308. The number of carboxylic acid groups (broad SMARTS) is 1. The highest BCUT2D eigenvalue weighted by atomic mass is 35.5. The van der Waals surface area contributed by atoms with Crippen molar-refractivity contribution >= 4 is 29.2 Å². The maximum atomic E-state index is 12.2. The van der Waals surface area contributed by atoms with Gasteiger partial charge in [0.05, 0.1) is 4.92 Å². The van der Waals surface area contributed by atoms with Crippen molar-refractivity contribution in [3.8, 4) is 0 Å². The van der Waals surface area contributed by atoms with E-state index in [0.29, 0.717) is 19.4 Å². The number of carbonyl (C=O) groups excluding carboxylic acids is 1. The number of hydrogen-bond donors (Lipinski definition) is 1. The summed E-state index contributed by atoms with van der Waals surface area (Å²) in [6.45, 7) is 0.326. The van der Waals surface area contributed by atoms with E-state index in [1.807, 2.05) is 0 Å². The Bertz CT molecular complexity index is 589. The summed E-state index contributed by atoms with van der Waals surface area (Å²) < 4.78 is 0. The maximum Gasteiger partial charge on any atom is 0.326 e. The Morgan fingerprint density at radius 3 is 2.75 bits per heavy atom. The van der Waals surface area contributed by atoms with Gasteiger partial charge in [0.1, 0.15) is 11.1 Å². The van der Waals surface area contributed by atoms with Crippen LogP contribution in [0.4, 0.5) is 5.69 Å². The molecule has 0 bridgehead atoms. The lowest BCUT2D eigenvalue weighted by molar-refractivity contribution is -0.384. The lowest BCUT2D eigenvalue weighted by Crippen LogP contribution is -2.40. The van der Waals surface area contributed by atoms with E-state index >= 15 is 0 Å². The zero-order valence-corrected chi connectivity index (χ0v) is 11.0. The summed E-state index contributed by atoms with van der Waals surface area (Å²) in [6, 6.07) is 2.81. The van der Waals surface area contributed by atoms with Gasteiger partial charge in [-0.3, -0.25) is 14.9 Å². The third kappa shape index (κ3) is 2.57. The monoisotopic (exact) mass is 298 g/mol. The molecule has 7 nitrogen and oxygen atoms in total. The summed E-state index contributed by atoms with van der Waals surface area (Å²) in [6.07, 6.45) is 0.981. The van der Waals surface area contributed by atoms with Crippen LogP contribution in [0.5, 0.6) is 0 Å². The van der Waals surface area contributed by atoms with Crippen molar-refractivity contribution in [1.82, 2.24) is 4.90 Å². The molecule has 1 N–H and O–H groups in total. The second kappa shape index (κ2) is 5.46. The summed E-state index contributed by atoms with van der Waals surface area (Å²) in [7, 11) is 0. The molecule has 1 saturated heterocycles. The number of likely N-dealkylation sites (tertiary alicyclic amines) is 1. The van der Waals surface area contributed by atoms with Gasteiger partial charge in [0.15, 0.2) is 0 Å². The van der Waals surface area contributed by atoms with Crippen LogP contribution in [-0.2, 0) is 4.79 Å². The highest BCUT2D eigenvalue weighted by Gasteiger charge is 2.34. The van der Waals surface area contributed by atoms with Crippen molar-refractivity contribution in [3.05, 3.63) is 38.9 Å². The van der Waals surface area contributed by atoms with Gasteiger partial charge < -0.3 is 10.0 Å². The van der Waals surface area contributed by atoms with Crippen molar-refractivity contribution in [2.45, 2.75) is 18.9 Å². The topological polar surface area (TPSA) is 101 Å². The minimum absolute atomic E-state index is 0.0641. The lowest BCUT2D eigenvalue weighted by atomic mass is 10.1. The van der Waals surface area contributed by atoms with Crippen molar-refractivity contribution in [2.75, 3.05) is 6.54 Å². The van der Waals surface area contributed by atoms with E-state index in [0.717, 1.165) is 6.07 Å². The highest BCUT2D eigenvalue weighted by molar-refractivity contribution is 6.32. The highest BCUT2D eigenvalue weighted by Crippen LogP contribution is 2.27. The zero-order valence-electron chi connectivity index (χ0n) is 10.3. The number of nitro groups is 1. The van der Waals surface area contributed by atoms with Gasteiger partial charge in [-0.15, -0.1) is 0 Å². The van der Waals surface area contributed by atoms with Crippen molar-refractivity contribution in [2.24, 2.45) is 0 Å². The summed E-state index contributed by atoms with van der Waals surface area (Å²) >= 11 is 5.67. The minimum Gasteiger partial charge on any atom is -0.480 e. The van der Waals surface area contributed by atoms with Gasteiger partial charge in [0.25, 0.3) is 11.6 Å². The molecule has 1 aliphatic heterocycles. The molecule has 1 aromatic carbocycles. The Kier molecular flexibility index (Phi) is 3.89. The van der Waals surface area contributed by atoms with E-state index in [4.69, 9.17) is 16.7 Å². The number of carbonyl (C=O) groups is 2. The van der Waals surface area contributed by atoms with E-state index in [-0.39, 0.29) is 16.3 Å². The molecule has 1 atom stereocenters. The molecule has 1 heterocycles. The first-order valence-corrected chi connectivity index (χ1v) is 6.27. The first-order chi connectivity index (χ1) is 9.41. The molecule has 0 aliphatic carbocycles. The zero-order chi connectivity index (χ0) is 14.9. The molecule has 1 aliphatic rings. The third-order valence-corrected chi connectivity index (χ3v) is 3.51. The molecule has 0 saturated carbocycles. The molecule has 106 valence electrons. The molecule has 0 aromatic heterocycles. The van der Waals surface area contributed by atoms with Gasteiger partial charge in [-0.05, 0) is 25.0 Å². The Hall–Kier alpha value is -2.15. The Balaban J connectivity index is 2.32. The summed E-state index contributed by atoms with van der Waals surface area (Å²) in [5.74, 6) is -1.60. The molecule has 20 heavy (non-hydrogen) atoms. The van der Waals surface area contributed by atoms with Crippen LogP contribution in [0.2, 0.25) is 5.02 Å². The molecular weight excluding hydrogens is 288 g/mol. The molecule has 1 amide bonds. The molecule has 1 aromatic rings. The molecule has 8 heteroatoms. The van der Waals surface area contributed by atoms with Gasteiger partial charge >= 0.3 is 5.97 Å². The Morgan fingerprint density at radius 1 is 1.45 bits per heavy atom. The molecule has 0 radical (unpaired) electrons. The average molecular weight is 299 g/mol. The normalized spacial score (nSPS) is 18.1. The number of benzene rings is 1. The third-order valence-electron chi connectivity index (χ3n) is 3.19.